The number of rotatable bonds is 3. The van der Waals surface area contributed by atoms with Gasteiger partial charge >= 0.3 is 0 Å². The molecule has 4 rings (SSSR count). The molecule has 0 saturated heterocycles. The molecule has 5 heteroatoms. The number of primary amides is 1. The summed E-state index contributed by atoms with van der Waals surface area (Å²) >= 11 is 0. The monoisotopic (exact) mass is 329 g/mol. The zero-order chi connectivity index (χ0) is 17.4. The van der Waals surface area contributed by atoms with Crippen molar-refractivity contribution in [3.8, 4) is 22.7 Å². The molecule has 4 aromatic rings. The number of fused-ring (bicyclic) bond motifs is 1. The van der Waals surface area contributed by atoms with E-state index in [0.29, 0.717) is 10.9 Å². The fourth-order valence-corrected chi connectivity index (χ4v) is 3.01. The van der Waals surface area contributed by atoms with Gasteiger partial charge in [0.15, 0.2) is 11.4 Å². The predicted octanol–water partition coefficient (Wildman–Crippen LogP) is 3.50. The van der Waals surface area contributed by atoms with Gasteiger partial charge in [-0.05, 0) is 23.8 Å². The van der Waals surface area contributed by atoms with Crippen LogP contribution in [0.15, 0.2) is 72.9 Å². The lowest BCUT2D eigenvalue weighted by Crippen LogP contribution is -2.13. The van der Waals surface area contributed by atoms with E-state index < -0.39 is 5.91 Å². The van der Waals surface area contributed by atoms with Crippen LogP contribution in [-0.4, -0.2) is 20.6 Å². The van der Waals surface area contributed by atoms with Gasteiger partial charge in [0.05, 0.1) is 17.4 Å². The number of amides is 1. The largest absolute Gasteiger partial charge is 0.505 e. The highest BCUT2D eigenvalue weighted by atomic mass is 16.3. The number of carbonyl (C=O) groups is 1. The van der Waals surface area contributed by atoms with Crippen LogP contribution < -0.4 is 5.73 Å². The zero-order valence-electron chi connectivity index (χ0n) is 13.3. The van der Waals surface area contributed by atoms with Gasteiger partial charge in [-0.2, -0.15) is 0 Å². The first-order valence-electron chi connectivity index (χ1n) is 7.81. The summed E-state index contributed by atoms with van der Waals surface area (Å²) in [7, 11) is 0. The van der Waals surface area contributed by atoms with E-state index >= 15 is 0 Å². The van der Waals surface area contributed by atoms with Crippen LogP contribution in [-0.2, 0) is 0 Å². The molecule has 0 atom stereocenters. The maximum Gasteiger partial charge on any atom is 0.271 e. The third kappa shape index (κ3) is 2.42. The molecule has 122 valence electrons. The number of pyridine rings is 1. The van der Waals surface area contributed by atoms with E-state index in [1.165, 1.54) is 0 Å². The van der Waals surface area contributed by atoms with E-state index in [4.69, 9.17) is 5.73 Å². The van der Waals surface area contributed by atoms with Crippen molar-refractivity contribution in [1.82, 2.24) is 9.55 Å². The molecule has 25 heavy (non-hydrogen) atoms. The molecule has 2 aromatic heterocycles. The van der Waals surface area contributed by atoms with Gasteiger partial charge < -0.3 is 15.4 Å². The van der Waals surface area contributed by atoms with Crippen LogP contribution in [0, 0.1) is 0 Å². The first-order valence-corrected chi connectivity index (χ1v) is 7.81. The average Bonchev–Trinajstić information content (AvgIpc) is 3.04. The number of carbonyl (C=O) groups excluding carboxylic acids is 1. The fourth-order valence-electron chi connectivity index (χ4n) is 3.01. The van der Waals surface area contributed by atoms with Gasteiger partial charge in [-0.25, -0.2) is 4.98 Å². The Morgan fingerprint density at radius 2 is 1.64 bits per heavy atom. The number of nitrogens with two attached hydrogens (primary N) is 1. The quantitative estimate of drug-likeness (QED) is 0.603. The van der Waals surface area contributed by atoms with Gasteiger partial charge in [0.2, 0.25) is 0 Å². The number of para-hydroxylation sites is 1. The standard InChI is InChI=1S/C20H15N3O2/c21-20(25)18-19(24)15-11-16(13-7-3-1-4-8-13)23(17(15)12-22-18)14-9-5-2-6-10-14/h1-12,24H,(H2,21,25). The SMILES string of the molecule is NC(=O)c1ncc2c(cc(-c3ccccc3)n2-c2ccccc2)c1O. The fraction of sp³-hybridized carbons (Fsp3) is 0. The summed E-state index contributed by atoms with van der Waals surface area (Å²) in [6.45, 7) is 0. The van der Waals surface area contributed by atoms with Crippen molar-refractivity contribution < 1.29 is 9.90 Å². The van der Waals surface area contributed by atoms with Crippen molar-refractivity contribution in [2.75, 3.05) is 0 Å². The molecule has 1 amide bonds. The topological polar surface area (TPSA) is 81.1 Å². The van der Waals surface area contributed by atoms with E-state index in [0.717, 1.165) is 16.9 Å². The summed E-state index contributed by atoms with van der Waals surface area (Å²) < 4.78 is 2.00. The van der Waals surface area contributed by atoms with Crippen LogP contribution in [0.2, 0.25) is 0 Å². The summed E-state index contributed by atoms with van der Waals surface area (Å²) in [4.78, 5) is 15.5. The Labute approximate surface area is 144 Å². The van der Waals surface area contributed by atoms with Gasteiger partial charge in [0.25, 0.3) is 5.91 Å². The van der Waals surface area contributed by atoms with E-state index in [-0.39, 0.29) is 11.4 Å². The number of aromatic nitrogens is 2. The first-order chi connectivity index (χ1) is 12.2. The van der Waals surface area contributed by atoms with Crippen LogP contribution >= 0.6 is 0 Å². The summed E-state index contributed by atoms with van der Waals surface area (Å²) in [5.74, 6) is -0.954. The van der Waals surface area contributed by atoms with Gasteiger partial charge in [-0.3, -0.25) is 4.79 Å². The lowest BCUT2D eigenvalue weighted by molar-refractivity contribution is 0.0993. The molecule has 0 radical (unpaired) electrons. The normalized spacial score (nSPS) is 10.9. The van der Waals surface area contributed by atoms with Gasteiger partial charge in [-0.15, -0.1) is 0 Å². The molecule has 2 heterocycles. The van der Waals surface area contributed by atoms with E-state index in [2.05, 4.69) is 4.98 Å². The molecule has 3 N–H and O–H groups in total. The van der Waals surface area contributed by atoms with Crippen LogP contribution in [0.5, 0.6) is 5.75 Å². The van der Waals surface area contributed by atoms with Crippen LogP contribution in [0.4, 0.5) is 0 Å². The zero-order valence-corrected chi connectivity index (χ0v) is 13.3. The summed E-state index contributed by atoms with van der Waals surface area (Å²) in [5, 5.41) is 11.0. The minimum Gasteiger partial charge on any atom is -0.505 e. The summed E-state index contributed by atoms with van der Waals surface area (Å²) in [5.41, 5.74) is 8.69. The molecule has 0 aliphatic rings. The molecule has 0 aliphatic carbocycles. The molecule has 2 aromatic carbocycles. The predicted molar refractivity (Wildman–Crippen MR) is 96.7 cm³/mol. The highest BCUT2D eigenvalue weighted by Crippen LogP contribution is 2.36. The lowest BCUT2D eigenvalue weighted by Gasteiger charge is -2.11. The Hall–Kier alpha value is -3.60. The third-order valence-corrected chi connectivity index (χ3v) is 4.15. The molecule has 0 fully saturated rings. The summed E-state index contributed by atoms with van der Waals surface area (Å²) in [6.07, 6.45) is 1.56. The van der Waals surface area contributed by atoms with E-state index in [9.17, 15) is 9.90 Å². The minimum absolute atomic E-state index is 0.127. The Kier molecular flexibility index (Phi) is 3.47. The second-order valence-electron chi connectivity index (χ2n) is 5.69. The Bertz CT molecular complexity index is 1070. The second kappa shape index (κ2) is 5.79. The maximum absolute atomic E-state index is 11.5. The molecule has 0 unspecified atom stereocenters. The van der Waals surface area contributed by atoms with Crippen molar-refractivity contribution in [3.63, 3.8) is 0 Å². The highest BCUT2D eigenvalue weighted by molar-refractivity contribution is 6.02. The smallest absolute Gasteiger partial charge is 0.271 e. The second-order valence-corrected chi connectivity index (χ2v) is 5.69. The van der Waals surface area contributed by atoms with Crippen LogP contribution in [0.3, 0.4) is 0 Å². The molecule has 0 spiro atoms. The molecule has 5 nitrogen and oxygen atoms in total. The van der Waals surface area contributed by atoms with E-state index in [1.807, 2.05) is 71.3 Å². The van der Waals surface area contributed by atoms with E-state index in [1.54, 1.807) is 6.20 Å². The Morgan fingerprint density at radius 3 is 2.28 bits per heavy atom. The van der Waals surface area contributed by atoms with Crippen LogP contribution in [0.1, 0.15) is 10.5 Å². The number of benzene rings is 2. The highest BCUT2D eigenvalue weighted by Gasteiger charge is 2.19. The van der Waals surface area contributed by atoms with Crippen molar-refractivity contribution in [2.24, 2.45) is 5.73 Å². The first kappa shape index (κ1) is 15.0. The maximum atomic E-state index is 11.5. The van der Waals surface area contributed by atoms with Gasteiger partial charge in [0.1, 0.15) is 0 Å². The Morgan fingerprint density at radius 1 is 1.00 bits per heavy atom. The molecular formula is C20H15N3O2. The van der Waals surface area contributed by atoms with Gasteiger partial charge in [-0.1, -0.05) is 48.5 Å². The van der Waals surface area contributed by atoms with Gasteiger partial charge in [0, 0.05) is 11.1 Å². The molecule has 0 bridgehead atoms. The summed E-state index contributed by atoms with van der Waals surface area (Å²) in [6, 6.07) is 21.5. The number of hydrogen-bond donors (Lipinski definition) is 2. The third-order valence-electron chi connectivity index (χ3n) is 4.15. The molecular weight excluding hydrogens is 314 g/mol. The molecule has 0 saturated carbocycles. The van der Waals surface area contributed by atoms with Crippen LogP contribution in [0.25, 0.3) is 27.8 Å². The lowest BCUT2D eigenvalue weighted by atomic mass is 10.1. The number of aromatic hydroxyl groups is 1. The van der Waals surface area contributed by atoms with Crippen molar-refractivity contribution in [3.05, 3.63) is 78.6 Å². The average molecular weight is 329 g/mol. The van der Waals surface area contributed by atoms with Crippen molar-refractivity contribution >= 4 is 16.8 Å². The molecule has 0 aliphatic heterocycles. The minimum atomic E-state index is -0.756. The Balaban J connectivity index is 2.10. The van der Waals surface area contributed by atoms with Crippen molar-refractivity contribution in [2.45, 2.75) is 0 Å². The number of hydrogen-bond acceptors (Lipinski definition) is 3. The van der Waals surface area contributed by atoms with Crippen molar-refractivity contribution in [1.29, 1.82) is 0 Å². The number of nitrogens with zero attached hydrogens (tertiary/aromatic N) is 2.